The number of rotatable bonds is 3. The summed E-state index contributed by atoms with van der Waals surface area (Å²) in [5.41, 5.74) is 0. The van der Waals surface area contributed by atoms with Gasteiger partial charge in [0.25, 0.3) is 0 Å². The standard InChI is InChI=1S/C6H10O2/c1-3-5-6(8-5)7-4-2/h3,5-6H,1,4H2,2H3. The summed E-state index contributed by atoms with van der Waals surface area (Å²) in [6, 6.07) is 0. The second-order valence-electron chi connectivity index (χ2n) is 1.66. The van der Waals surface area contributed by atoms with Gasteiger partial charge in [0.2, 0.25) is 0 Å². The Balaban J connectivity index is 2.07. The van der Waals surface area contributed by atoms with Gasteiger partial charge in [-0.05, 0) is 6.92 Å². The Kier molecular flexibility index (Phi) is 1.65. The molecule has 8 heavy (non-hydrogen) atoms. The number of hydrogen-bond acceptors (Lipinski definition) is 2. The van der Waals surface area contributed by atoms with Crippen LogP contribution in [0, 0.1) is 0 Å². The molecule has 0 N–H and O–H groups in total. The third-order valence-electron chi connectivity index (χ3n) is 1.05. The van der Waals surface area contributed by atoms with Crippen molar-refractivity contribution >= 4 is 0 Å². The molecular weight excluding hydrogens is 104 g/mol. The molecule has 1 aliphatic rings. The lowest BCUT2D eigenvalue weighted by Crippen LogP contribution is -1.96. The minimum absolute atomic E-state index is 0.0116. The van der Waals surface area contributed by atoms with Gasteiger partial charge in [-0.25, -0.2) is 0 Å². The fraction of sp³-hybridized carbons (Fsp3) is 0.667. The highest BCUT2D eigenvalue weighted by atomic mass is 16.8. The minimum Gasteiger partial charge on any atom is -0.350 e. The van der Waals surface area contributed by atoms with Gasteiger partial charge < -0.3 is 9.47 Å². The summed E-state index contributed by atoms with van der Waals surface area (Å²) in [5.74, 6) is 0. The summed E-state index contributed by atoms with van der Waals surface area (Å²) < 4.78 is 10.0. The van der Waals surface area contributed by atoms with E-state index in [4.69, 9.17) is 9.47 Å². The first-order valence-corrected chi connectivity index (χ1v) is 2.78. The second kappa shape index (κ2) is 2.29. The Morgan fingerprint density at radius 3 is 3.00 bits per heavy atom. The van der Waals surface area contributed by atoms with Crippen LogP contribution in [0.25, 0.3) is 0 Å². The number of epoxide rings is 1. The summed E-state index contributed by atoms with van der Waals surface area (Å²) in [6.07, 6.45) is 1.92. The van der Waals surface area contributed by atoms with Gasteiger partial charge in [-0.15, -0.1) is 6.58 Å². The van der Waals surface area contributed by atoms with Crippen molar-refractivity contribution < 1.29 is 9.47 Å². The SMILES string of the molecule is C=CC1OC1OCC. The first-order valence-electron chi connectivity index (χ1n) is 2.78. The topological polar surface area (TPSA) is 21.8 Å². The average Bonchev–Trinajstić information content (AvgIpc) is 2.48. The van der Waals surface area contributed by atoms with Crippen molar-refractivity contribution in [2.45, 2.75) is 19.3 Å². The van der Waals surface area contributed by atoms with E-state index in [9.17, 15) is 0 Å². The first kappa shape index (κ1) is 5.79. The van der Waals surface area contributed by atoms with Gasteiger partial charge in [0, 0.05) is 6.61 Å². The quantitative estimate of drug-likeness (QED) is 0.402. The molecule has 0 saturated carbocycles. The van der Waals surface area contributed by atoms with Crippen molar-refractivity contribution in [3.05, 3.63) is 12.7 Å². The molecule has 2 atom stereocenters. The van der Waals surface area contributed by atoms with Crippen molar-refractivity contribution in [3.8, 4) is 0 Å². The van der Waals surface area contributed by atoms with E-state index >= 15 is 0 Å². The lowest BCUT2D eigenvalue weighted by atomic mass is 10.4. The van der Waals surface area contributed by atoms with Gasteiger partial charge in [-0.1, -0.05) is 6.08 Å². The van der Waals surface area contributed by atoms with Gasteiger partial charge in [-0.2, -0.15) is 0 Å². The van der Waals surface area contributed by atoms with Crippen LogP contribution in [0.15, 0.2) is 12.7 Å². The third-order valence-corrected chi connectivity index (χ3v) is 1.05. The molecule has 46 valence electrons. The van der Waals surface area contributed by atoms with E-state index in [-0.39, 0.29) is 12.4 Å². The lowest BCUT2D eigenvalue weighted by molar-refractivity contribution is 0.0593. The van der Waals surface area contributed by atoms with Crippen LogP contribution < -0.4 is 0 Å². The maximum absolute atomic E-state index is 5.06. The molecule has 0 aliphatic carbocycles. The highest BCUT2D eigenvalue weighted by Gasteiger charge is 2.36. The van der Waals surface area contributed by atoms with E-state index in [1.165, 1.54) is 0 Å². The van der Waals surface area contributed by atoms with Crippen LogP contribution in [0.1, 0.15) is 6.92 Å². The van der Waals surface area contributed by atoms with Crippen LogP contribution in [-0.2, 0) is 9.47 Å². The van der Waals surface area contributed by atoms with Crippen LogP contribution in [-0.4, -0.2) is 19.0 Å². The summed E-state index contributed by atoms with van der Waals surface area (Å²) in [4.78, 5) is 0. The molecule has 0 radical (unpaired) electrons. The summed E-state index contributed by atoms with van der Waals surface area (Å²) >= 11 is 0. The van der Waals surface area contributed by atoms with Crippen LogP contribution in [0.3, 0.4) is 0 Å². The fourth-order valence-electron chi connectivity index (χ4n) is 0.575. The van der Waals surface area contributed by atoms with E-state index < -0.39 is 0 Å². The molecule has 2 unspecified atom stereocenters. The molecule has 0 aromatic rings. The summed E-state index contributed by atoms with van der Waals surface area (Å²) in [5, 5.41) is 0. The van der Waals surface area contributed by atoms with Crippen LogP contribution in [0.5, 0.6) is 0 Å². The fourth-order valence-corrected chi connectivity index (χ4v) is 0.575. The zero-order valence-corrected chi connectivity index (χ0v) is 4.96. The molecule has 1 fully saturated rings. The Labute approximate surface area is 49.1 Å². The Hall–Kier alpha value is -0.340. The molecule has 0 aromatic heterocycles. The van der Waals surface area contributed by atoms with E-state index in [0.29, 0.717) is 0 Å². The van der Waals surface area contributed by atoms with Gasteiger partial charge in [-0.3, -0.25) is 0 Å². The van der Waals surface area contributed by atoms with E-state index in [1.54, 1.807) is 6.08 Å². The van der Waals surface area contributed by atoms with Crippen molar-refractivity contribution in [1.29, 1.82) is 0 Å². The zero-order chi connectivity index (χ0) is 5.98. The molecule has 2 heteroatoms. The number of ether oxygens (including phenoxy) is 2. The molecule has 1 aliphatic heterocycles. The first-order chi connectivity index (χ1) is 3.88. The monoisotopic (exact) mass is 114 g/mol. The predicted octanol–water partition coefficient (Wildman–Crippen LogP) is 0.934. The number of hydrogen-bond donors (Lipinski definition) is 0. The maximum atomic E-state index is 5.06. The Bertz CT molecular complexity index is 90.5. The lowest BCUT2D eigenvalue weighted by Gasteiger charge is -1.88. The van der Waals surface area contributed by atoms with Crippen LogP contribution >= 0.6 is 0 Å². The maximum Gasteiger partial charge on any atom is 0.188 e. The largest absolute Gasteiger partial charge is 0.350 e. The highest BCUT2D eigenvalue weighted by molar-refractivity contribution is 4.92. The average molecular weight is 114 g/mol. The smallest absolute Gasteiger partial charge is 0.188 e. The minimum atomic E-state index is 0.0116. The van der Waals surface area contributed by atoms with E-state index in [2.05, 4.69) is 6.58 Å². The summed E-state index contributed by atoms with van der Waals surface area (Å²) in [7, 11) is 0. The van der Waals surface area contributed by atoms with Crippen molar-refractivity contribution in [1.82, 2.24) is 0 Å². The van der Waals surface area contributed by atoms with Crippen LogP contribution in [0.4, 0.5) is 0 Å². The van der Waals surface area contributed by atoms with Gasteiger partial charge >= 0.3 is 0 Å². The molecule has 2 nitrogen and oxygen atoms in total. The van der Waals surface area contributed by atoms with E-state index in [0.717, 1.165) is 6.61 Å². The Morgan fingerprint density at radius 1 is 1.88 bits per heavy atom. The second-order valence-corrected chi connectivity index (χ2v) is 1.66. The highest BCUT2D eigenvalue weighted by Crippen LogP contribution is 2.23. The summed E-state index contributed by atoms with van der Waals surface area (Å²) in [6.45, 7) is 6.21. The molecule has 1 heterocycles. The molecular formula is C6H10O2. The van der Waals surface area contributed by atoms with Crippen LogP contribution in [0.2, 0.25) is 0 Å². The van der Waals surface area contributed by atoms with Crippen molar-refractivity contribution in [2.75, 3.05) is 6.61 Å². The molecule has 0 amide bonds. The predicted molar refractivity (Wildman–Crippen MR) is 30.5 cm³/mol. The molecule has 1 rings (SSSR count). The van der Waals surface area contributed by atoms with Gasteiger partial charge in [0.05, 0.1) is 0 Å². The molecule has 0 spiro atoms. The normalized spacial score (nSPS) is 34.6. The van der Waals surface area contributed by atoms with Gasteiger partial charge in [0.15, 0.2) is 6.29 Å². The Morgan fingerprint density at radius 2 is 2.62 bits per heavy atom. The molecule has 0 bridgehead atoms. The van der Waals surface area contributed by atoms with Crippen molar-refractivity contribution in [3.63, 3.8) is 0 Å². The molecule has 0 aromatic carbocycles. The zero-order valence-electron chi connectivity index (χ0n) is 4.96. The van der Waals surface area contributed by atoms with Crippen molar-refractivity contribution in [2.24, 2.45) is 0 Å². The third kappa shape index (κ3) is 1.08. The van der Waals surface area contributed by atoms with Gasteiger partial charge in [0.1, 0.15) is 6.10 Å². The van der Waals surface area contributed by atoms with E-state index in [1.807, 2.05) is 6.92 Å². The molecule has 1 saturated heterocycles.